The van der Waals surface area contributed by atoms with E-state index >= 15 is 0 Å². The Balaban J connectivity index is 1.36. The number of aromatic nitrogens is 5. The molecule has 0 spiro atoms. The Bertz CT molecular complexity index is 1330. The number of aryl methyl sites for hydroxylation is 1. The van der Waals surface area contributed by atoms with Crippen molar-refractivity contribution in [2.45, 2.75) is 13.5 Å². The van der Waals surface area contributed by atoms with Gasteiger partial charge in [0.25, 0.3) is 5.91 Å². The van der Waals surface area contributed by atoms with E-state index in [0.717, 1.165) is 44.6 Å². The highest BCUT2D eigenvalue weighted by Gasteiger charge is 2.09. The second-order valence-electron chi connectivity index (χ2n) is 6.93. The van der Waals surface area contributed by atoms with Gasteiger partial charge in [-0.15, -0.1) is 0 Å². The molecular weight excluding hydrogens is 364 g/mol. The van der Waals surface area contributed by atoms with Gasteiger partial charge in [0.1, 0.15) is 5.82 Å². The maximum atomic E-state index is 12.4. The molecule has 3 N–H and O–H groups in total. The van der Waals surface area contributed by atoms with Crippen LogP contribution in [0.4, 0.5) is 0 Å². The molecule has 0 aliphatic heterocycles. The molecule has 2 aromatic carbocycles. The minimum atomic E-state index is -0.139. The van der Waals surface area contributed by atoms with E-state index in [1.165, 1.54) is 0 Å². The summed E-state index contributed by atoms with van der Waals surface area (Å²) in [5, 5.41) is 12.1. The summed E-state index contributed by atoms with van der Waals surface area (Å²) in [6, 6.07) is 15.5. The fourth-order valence-electron chi connectivity index (χ4n) is 3.41. The minimum absolute atomic E-state index is 0.139. The van der Waals surface area contributed by atoms with E-state index in [1.807, 2.05) is 55.6 Å². The van der Waals surface area contributed by atoms with E-state index < -0.39 is 0 Å². The van der Waals surface area contributed by atoms with E-state index in [9.17, 15) is 4.79 Å². The maximum absolute atomic E-state index is 12.4. The molecule has 142 valence electrons. The summed E-state index contributed by atoms with van der Waals surface area (Å²) in [6.45, 7) is 2.29. The SMILES string of the molecule is Cc1cnc(CNC(=O)c2ccc(-c3ccc4c(ccc5[nH]ncc54)n3)cc2)[nH]1. The second-order valence-corrected chi connectivity index (χ2v) is 6.93. The molecule has 7 nitrogen and oxygen atoms in total. The van der Waals surface area contributed by atoms with Gasteiger partial charge in [-0.1, -0.05) is 12.1 Å². The zero-order valence-corrected chi connectivity index (χ0v) is 15.7. The van der Waals surface area contributed by atoms with Gasteiger partial charge in [-0.05, 0) is 43.3 Å². The Kier molecular flexibility index (Phi) is 4.05. The Morgan fingerprint density at radius 2 is 1.86 bits per heavy atom. The summed E-state index contributed by atoms with van der Waals surface area (Å²) in [5.74, 6) is 0.596. The highest BCUT2D eigenvalue weighted by Crippen LogP contribution is 2.26. The number of carbonyl (C=O) groups excluding carboxylic acids is 1. The lowest BCUT2D eigenvalue weighted by Gasteiger charge is -2.07. The Morgan fingerprint density at radius 3 is 2.66 bits per heavy atom. The van der Waals surface area contributed by atoms with Crippen LogP contribution in [0.1, 0.15) is 21.9 Å². The van der Waals surface area contributed by atoms with Crippen LogP contribution in [-0.4, -0.2) is 31.1 Å². The van der Waals surface area contributed by atoms with Crippen LogP contribution in [0.2, 0.25) is 0 Å². The van der Waals surface area contributed by atoms with E-state index in [-0.39, 0.29) is 5.91 Å². The van der Waals surface area contributed by atoms with Crippen LogP contribution >= 0.6 is 0 Å². The maximum Gasteiger partial charge on any atom is 0.251 e. The molecular formula is C22H18N6O. The third-order valence-corrected chi connectivity index (χ3v) is 4.91. The fourth-order valence-corrected chi connectivity index (χ4v) is 3.41. The number of hydrogen-bond donors (Lipinski definition) is 3. The average Bonchev–Trinajstić information content (AvgIpc) is 3.40. The first kappa shape index (κ1) is 17.1. The Labute approximate surface area is 166 Å². The summed E-state index contributed by atoms with van der Waals surface area (Å²) < 4.78 is 0. The van der Waals surface area contributed by atoms with Crippen molar-refractivity contribution in [2.75, 3.05) is 0 Å². The summed E-state index contributed by atoms with van der Waals surface area (Å²) in [6.07, 6.45) is 3.56. The molecule has 3 aromatic heterocycles. The van der Waals surface area contributed by atoms with Crippen LogP contribution in [0.25, 0.3) is 33.1 Å². The first-order valence-corrected chi connectivity index (χ1v) is 9.29. The van der Waals surface area contributed by atoms with E-state index in [1.54, 1.807) is 6.20 Å². The zero-order chi connectivity index (χ0) is 19.8. The van der Waals surface area contributed by atoms with Gasteiger partial charge in [-0.3, -0.25) is 9.89 Å². The monoisotopic (exact) mass is 382 g/mol. The molecule has 5 rings (SSSR count). The second kappa shape index (κ2) is 6.87. The molecule has 0 aliphatic rings. The number of nitrogens with zero attached hydrogens (tertiary/aromatic N) is 3. The molecule has 5 aromatic rings. The average molecular weight is 382 g/mol. The molecule has 29 heavy (non-hydrogen) atoms. The van der Waals surface area contributed by atoms with Crippen molar-refractivity contribution >= 4 is 27.7 Å². The predicted octanol–water partition coefficient (Wildman–Crippen LogP) is 3.74. The lowest BCUT2D eigenvalue weighted by Crippen LogP contribution is -2.23. The third-order valence-electron chi connectivity index (χ3n) is 4.91. The molecule has 7 heteroatoms. The van der Waals surface area contributed by atoms with Crippen LogP contribution in [0, 0.1) is 6.92 Å². The normalized spacial score (nSPS) is 11.2. The number of amides is 1. The van der Waals surface area contributed by atoms with Gasteiger partial charge in [0.05, 0.1) is 29.5 Å². The first-order chi connectivity index (χ1) is 14.2. The number of nitrogens with one attached hydrogen (secondary N) is 3. The summed E-state index contributed by atoms with van der Waals surface area (Å²) in [4.78, 5) is 24.4. The van der Waals surface area contributed by atoms with Gasteiger partial charge in [0.2, 0.25) is 0 Å². The molecule has 0 atom stereocenters. The molecule has 3 heterocycles. The number of carbonyl (C=O) groups is 1. The third kappa shape index (κ3) is 3.23. The number of aromatic amines is 2. The lowest BCUT2D eigenvalue weighted by atomic mass is 10.1. The minimum Gasteiger partial charge on any atom is -0.345 e. The summed E-state index contributed by atoms with van der Waals surface area (Å²) in [7, 11) is 0. The van der Waals surface area contributed by atoms with Crippen LogP contribution in [0.15, 0.2) is 60.9 Å². The van der Waals surface area contributed by atoms with Gasteiger partial charge < -0.3 is 10.3 Å². The lowest BCUT2D eigenvalue weighted by molar-refractivity contribution is 0.0950. The van der Waals surface area contributed by atoms with Crippen molar-refractivity contribution in [1.82, 2.24) is 30.5 Å². The van der Waals surface area contributed by atoms with Gasteiger partial charge >= 0.3 is 0 Å². The van der Waals surface area contributed by atoms with Crippen molar-refractivity contribution in [3.8, 4) is 11.3 Å². The number of rotatable bonds is 4. The number of pyridine rings is 1. The molecule has 0 unspecified atom stereocenters. The predicted molar refractivity (Wildman–Crippen MR) is 111 cm³/mol. The molecule has 0 radical (unpaired) electrons. The van der Waals surface area contributed by atoms with Gasteiger partial charge in [-0.25, -0.2) is 9.97 Å². The van der Waals surface area contributed by atoms with Crippen LogP contribution in [0.5, 0.6) is 0 Å². The Hall–Kier alpha value is -4.00. The number of imidazole rings is 1. The summed E-state index contributed by atoms with van der Waals surface area (Å²) >= 11 is 0. The molecule has 0 saturated heterocycles. The van der Waals surface area contributed by atoms with E-state index in [0.29, 0.717) is 12.1 Å². The number of benzene rings is 2. The van der Waals surface area contributed by atoms with Gasteiger partial charge in [0, 0.05) is 33.8 Å². The highest BCUT2D eigenvalue weighted by atomic mass is 16.1. The van der Waals surface area contributed by atoms with E-state index in [2.05, 4.69) is 31.5 Å². The van der Waals surface area contributed by atoms with E-state index in [4.69, 9.17) is 4.98 Å². The standard InChI is InChI=1S/C22H18N6O/c1-13-10-23-21(26-13)12-24-22(29)15-4-2-14(3-5-15)18-7-6-16-17-11-25-28-20(17)9-8-19(16)27-18/h2-11H,12H2,1H3,(H,23,26)(H,24,29)(H,25,28). The largest absolute Gasteiger partial charge is 0.345 e. The van der Waals surface area contributed by atoms with Crippen LogP contribution in [-0.2, 0) is 6.54 Å². The van der Waals surface area contributed by atoms with Crippen LogP contribution in [0.3, 0.4) is 0 Å². The van der Waals surface area contributed by atoms with Crippen molar-refractivity contribution in [3.63, 3.8) is 0 Å². The highest BCUT2D eigenvalue weighted by molar-refractivity contribution is 6.05. The van der Waals surface area contributed by atoms with Crippen molar-refractivity contribution in [1.29, 1.82) is 0 Å². The molecule has 0 aliphatic carbocycles. The number of fused-ring (bicyclic) bond motifs is 3. The topological polar surface area (TPSA) is 99.3 Å². The number of hydrogen-bond acceptors (Lipinski definition) is 4. The molecule has 0 fully saturated rings. The molecule has 0 bridgehead atoms. The van der Waals surface area contributed by atoms with Gasteiger partial charge in [-0.2, -0.15) is 5.10 Å². The smallest absolute Gasteiger partial charge is 0.251 e. The van der Waals surface area contributed by atoms with Gasteiger partial charge in [0.15, 0.2) is 0 Å². The zero-order valence-electron chi connectivity index (χ0n) is 15.7. The Morgan fingerprint density at radius 1 is 1.00 bits per heavy atom. The van der Waals surface area contributed by atoms with Crippen LogP contribution < -0.4 is 5.32 Å². The fraction of sp³-hybridized carbons (Fsp3) is 0.0909. The molecule has 1 amide bonds. The number of H-pyrrole nitrogens is 2. The van der Waals surface area contributed by atoms with Crippen molar-refractivity contribution in [3.05, 3.63) is 78.0 Å². The van der Waals surface area contributed by atoms with Crippen molar-refractivity contribution in [2.24, 2.45) is 0 Å². The first-order valence-electron chi connectivity index (χ1n) is 9.29. The molecule has 0 saturated carbocycles. The van der Waals surface area contributed by atoms with Crippen molar-refractivity contribution < 1.29 is 4.79 Å². The quantitative estimate of drug-likeness (QED) is 0.441. The summed E-state index contributed by atoms with van der Waals surface area (Å²) in [5.41, 5.74) is 5.28.